The summed E-state index contributed by atoms with van der Waals surface area (Å²) in [7, 11) is 0. The molecule has 0 aliphatic carbocycles. The molecule has 2 aromatic rings. The van der Waals surface area contributed by atoms with Crippen molar-refractivity contribution in [2.24, 2.45) is 5.73 Å². The molecule has 0 unspecified atom stereocenters. The lowest BCUT2D eigenvalue weighted by molar-refractivity contribution is 0.828. The quantitative estimate of drug-likeness (QED) is 0.893. The predicted molar refractivity (Wildman–Crippen MR) is 80.0 cm³/mol. The van der Waals surface area contributed by atoms with Gasteiger partial charge in [0.25, 0.3) is 0 Å². The molecule has 2 N–H and O–H groups in total. The standard InChI is InChI=1S/C16H21N3/c1-3-19(12-14-6-8-18-9-7-14)16-5-4-15(11-17)13(2)10-16/h4-10H,3,11-12,17H2,1-2H3. The molecule has 0 saturated carbocycles. The summed E-state index contributed by atoms with van der Waals surface area (Å²) in [5, 5.41) is 0. The molecule has 0 aliphatic heterocycles. The Morgan fingerprint density at radius 1 is 1.16 bits per heavy atom. The van der Waals surface area contributed by atoms with Gasteiger partial charge in [-0.3, -0.25) is 4.98 Å². The molecule has 0 bridgehead atoms. The van der Waals surface area contributed by atoms with Crippen LogP contribution in [-0.2, 0) is 13.1 Å². The first-order valence-corrected chi connectivity index (χ1v) is 6.68. The molecular weight excluding hydrogens is 234 g/mol. The molecule has 2 rings (SSSR count). The van der Waals surface area contributed by atoms with Gasteiger partial charge in [-0.2, -0.15) is 0 Å². The van der Waals surface area contributed by atoms with Crippen molar-refractivity contribution in [3.05, 3.63) is 59.4 Å². The first kappa shape index (κ1) is 13.6. The van der Waals surface area contributed by atoms with E-state index in [9.17, 15) is 0 Å². The van der Waals surface area contributed by atoms with Crippen molar-refractivity contribution in [2.75, 3.05) is 11.4 Å². The minimum atomic E-state index is 0.600. The summed E-state index contributed by atoms with van der Waals surface area (Å²) in [6.45, 7) is 6.77. The molecular formula is C16H21N3. The number of anilines is 1. The molecule has 100 valence electrons. The van der Waals surface area contributed by atoms with Crippen LogP contribution in [0.1, 0.15) is 23.6 Å². The average molecular weight is 255 g/mol. The van der Waals surface area contributed by atoms with Crippen molar-refractivity contribution in [3.63, 3.8) is 0 Å². The monoisotopic (exact) mass is 255 g/mol. The third-order valence-electron chi connectivity index (χ3n) is 3.42. The number of pyridine rings is 1. The summed E-state index contributed by atoms with van der Waals surface area (Å²) in [5.41, 5.74) is 10.7. The normalized spacial score (nSPS) is 10.5. The van der Waals surface area contributed by atoms with Gasteiger partial charge < -0.3 is 10.6 Å². The van der Waals surface area contributed by atoms with E-state index < -0.39 is 0 Å². The van der Waals surface area contributed by atoms with E-state index in [0.29, 0.717) is 6.54 Å². The van der Waals surface area contributed by atoms with Crippen LogP contribution in [0.4, 0.5) is 5.69 Å². The summed E-state index contributed by atoms with van der Waals surface area (Å²) in [4.78, 5) is 6.41. The fourth-order valence-electron chi connectivity index (χ4n) is 2.20. The second-order valence-corrected chi connectivity index (χ2v) is 4.68. The maximum absolute atomic E-state index is 5.71. The van der Waals surface area contributed by atoms with Crippen LogP contribution >= 0.6 is 0 Å². The highest BCUT2D eigenvalue weighted by molar-refractivity contribution is 5.51. The number of nitrogens with two attached hydrogens (primary N) is 1. The summed E-state index contributed by atoms with van der Waals surface area (Å²) in [6, 6.07) is 10.6. The second-order valence-electron chi connectivity index (χ2n) is 4.68. The molecule has 0 radical (unpaired) electrons. The Kier molecular flexibility index (Phi) is 4.53. The molecule has 3 heteroatoms. The van der Waals surface area contributed by atoms with Gasteiger partial charge in [-0.25, -0.2) is 0 Å². The van der Waals surface area contributed by atoms with E-state index in [2.05, 4.69) is 54.1 Å². The van der Waals surface area contributed by atoms with Crippen LogP contribution in [0, 0.1) is 6.92 Å². The van der Waals surface area contributed by atoms with Crippen LogP contribution in [0.15, 0.2) is 42.7 Å². The van der Waals surface area contributed by atoms with Crippen LogP contribution < -0.4 is 10.6 Å². The van der Waals surface area contributed by atoms with E-state index in [0.717, 1.165) is 13.1 Å². The zero-order chi connectivity index (χ0) is 13.7. The van der Waals surface area contributed by atoms with Crippen molar-refractivity contribution in [2.45, 2.75) is 26.9 Å². The van der Waals surface area contributed by atoms with E-state index in [1.54, 1.807) is 0 Å². The van der Waals surface area contributed by atoms with Gasteiger partial charge in [0.15, 0.2) is 0 Å². The first-order chi connectivity index (χ1) is 9.24. The van der Waals surface area contributed by atoms with Crippen molar-refractivity contribution in [3.8, 4) is 0 Å². The lowest BCUT2D eigenvalue weighted by Crippen LogP contribution is -2.22. The minimum Gasteiger partial charge on any atom is -0.367 e. The number of aromatic nitrogens is 1. The van der Waals surface area contributed by atoms with Crippen molar-refractivity contribution in [1.29, 1.82) is 0 Å². The average Bonchev–Trinajstić information content (AvgIpc) is 2.46. The molecule has 1 heterocycles. The number of aryl methyl sites for hydroxylation is 1. The Morgan fingerprint density at radius 3 is 2.47 bits per heavy atom. The van der Waals surface area contributed by atoms with E-state index in [1.807, 2.05) is 12.4 Å². The summed E-state index contributed by atoms with van der Waals surface area (Å²) in [6.07, 6.45) is 3.68. The van der Waals surface area contributed by atoms with Gasteiger partial charge in [0.05, 0.1) is 0 Å². The highest BCUT2D eigenvalue weighted by atomic mass is 15.1. The Morgan fingerprint density at radius 2 is 1.89 bits per heavy atom. The van der Waals surface area contributed by atoms with Crippen molar-refractivity contribution >= 4 is 5.69 Å². The second kappa shape index (κ2) is 6.34. The molecule has 1 aromatic heterocycles. The third-order valence-corrected chi connectivity index (χ3v) is 3.42. The highest BCUT2D eigenvalue weighted by Gasteiger charge is 2.07. The highest BCUT2D eigenvalue weighted by Crippen LogP contribution is 2.20. The van der Waals surface area contributed by atoms with Crippen LogP contribution in [-0.4, -0.2) is 11.5 Å². The fourth-order valence-corrected chi connectivity index (χ4v) is 2.20. The summed E-state index contributed by atoms with van der Waals surface area (Å²) in [5.74, 6) is 0. The van der Waals surface area contributed by atoms with Gasteiger partial charge >= 0.3 is 0 Å². The molecule has 0 aliphatic rings. The van der Waals surface area contributed by atoms with E-state index in [-0.39, 0.29) is 0 Å². The van der Waals surface area contributed by atoms with E-state index in [4.69, 9.17) is 5.73 Å². The topological polar surface area (TPSA) is 42.2 Å². The molecule has 3 nitrogen and oxygen atoms in total. The van der Waals surface area contributed by atoms with E-state index in [1.165, 1.54) is 22.4 Å². The largest absolute Gasteiger partial charge is 0.367 e. The zero-order valence-corrected chi connectivity index (χ0v) is 11.6. The Balaban J connectivity index is 2.20. The van der Waals surface area contributed by atoms with Gasteiger partial charge in [-0.1, -0.05) is 6.07 Å². The van der Waals surface area contributed by atoms with Gasteiger partial charge in [0, 0.05) is 37.7 Å². The van der Waals surface area contributed by atoms with Crippen LogP contribution in [0.5, 0.6) is 0 Å². The van der Waals surface area contributed by atoms with Gasteiger partial charge in [0.1, 0.15) is 0 Å². The van der Waals surface area contributed by atoms with Crippen LogP contribution in [0.3, 0.4) is 0 Å². The maximum Gasteiger partial charge on any atom is 0.0430 e. The zero-order valence-electron chi connectivity index (χ0n) is 11.6. The van der Waals surface area contributed by atoms with Gasteiger partial charge in [-0.05, 0) is 54.8 Å². The number of hydrogen-bond acceptors (Lipinski definition) is 3. The lowest BCUT2D eigenvalue weighted by Gasteiger charge is -2.24. The molecule has 1 aromatic carbocycles. The lowest BCUT2D eigenvalue weighted by atomic mass is 10.1. The van der Waals surface area contributed by atoms with Gasteiger partial charge in [0.2, 0.25) is 0 Å². The Hall–Kier alpha value is -1.87. The van der Waals surface area contributed by atoms with Crippen molar-refractivity contribution in [1.82, 2.24) is 4.98 Å². The van der Waals surface area contributed by atoms with Crippen molar-refractivity contribution < 1.29 is 0 Å². The third kappa shape index (κ3) is 3.32. The molecule has 19 heavy (non-hydrogen) atoms. The Labute approximate surface area is 115 Å². The smallest absolute Gasteiger partial charge is 0.0430 e. The minimum absolute atomic E-state index is 0.600. The van der Waals surface area contributed by atoms with Crippen LogP contribution in [0.2, 0.25) is 0 Å². The fraction of sp³-hybridized carbons (Fsp3) is 0.312. The van der Waals surface area contributed by atoms with Gasteiger partial charge in [-0.15, -0.1) is 0 Å². The number of rotatable bonds is 5. The first-order valence-electron chi connectivity index (χ1n) is 6.68. The summed E-state index contributed by atoms with van der Waals surface area (Å²) < 4.78 is 0. The SMILES string of the molecule is CCN(Cc1ccncc1)c1ccc(CN)c(C)c1. The number of nitrogens with zero attached hydrogens (tertiary/aromatic N) is 2. The number of benzene rings is 1. The van der Waals surface area contributed by atoms with E-state index >= 15 is 0 Å². The molecule has 0 atom stereocenters. The molecule has 0 fully saturated rings. The maximum atomic E-state index is 5.71. The molecule has 0 saturated heterocycles. The predicted octanol–water partition coefficient (Wildman–Crippen LogP) is 2.88. The summed E-state index contributed by atoms with van der Waals surface area (Å²) >= 11 is 0. The Bertz CT molecular complexity index is 523. The number of hydrogen-bond donors (Lipinski definition) is 1. The van der Waals surface area contributed by atoms with Crippen LogP contribution in [0.25, 0.3) is 0 Å². The molecule has 0 spiro atoms. The molecule has 0 amide bonds.